The Hall–Kier alpha value is -6.55. The number of rotatable bonds is 7. The maximum absolute atomic E-state index is 6.88. The number of fused-ring (bicyclic) bond motifs is 4. The van der Waals surface area contributed by atoms with Crippen molar-refractivity contribution < 1.29 is 24.1 Å². The number of imidazole rings is 1. The normalized spacial score (nSPS) is 12.1. The van der Waals surface area contributed by atoms with E-state index in [-0.39, 0.29) is 10.8 Å². The van der Waals surface area contributed by atoms with E-state index in [1.165, 1.54) is 5.56 Å². The predicted molar refractivity (Wildman–Crippen MR) is 250 cm³/mol. The standard InChI is InChI=1S/C56H46N4O.Pt/c1-55(2,3)40-30-31-57-53(34-40)60-49-25-14-13-22-47(49)48-29-28-43(36-52(48)60)61-44-33-41(56(4,5)6)32-42(35-44)58-37-59(51-27-16-15-26-50(51)58)54-45(38-18-9-7-10-19-38)23-17-24-46(54)39-20-11-8-12-21-39;/h7-34H,1-6H3;/q-2;. The van der Waals surface area contributed by atoms with E-state index in [9.17, 15) is 0 Å². The SMILES string of the molecule is CC(C)(C)c1cc(Oc2[c-]c3c(cc2)c2ccccc2n3-c2cc(C(C)(C)C)ccn2)[c-]c(-n2[c](=[Pt])n(-c3c(-c4ccccc4)cccc3-c3ccccc3)c3ccccc32)c1. The van der Waals surface area contributed by atoms with E-state index in [4.69, 9.17) is 9.72 Å². The van der Waals surface area contributed by atoms with Gasteiger partial charge < -0.3 is 0 Å². The summed E-state index contributed by atoms with van der Waals surface area (Å²) in [5, 5.41) is 2.23. The molecule has 0 unspecified atom stereocenters. The third-order valence-electron chi connectivity index (χ3n) is 11.7. The summed E-state index contributed by atoms with van der Waals surface area (Å²) in [5.41, 5.74) is 12.9. The number of nitrogens with zero attached hydrogens (tertiary/aromatic N) is 4. The summed E-state index contributed by atoms with van der Waals surface area (Å²) in [6.45, 7) is 13.4. The molecule has 5 nitrogen and oxygen atoms in total. The van der Waals surface area contributed by atoms with Crippen LogP contribution in [0.5, 0.6) is 11.5 Å². The molecule has 10 rings (SSSR count). The Kier molecular flexibility index (Phi) is 9.84. The minimum absolute atomic E-state index is 0.0301. The molecule has 0 aliphatic carbocycles. The zero-order valence-corrected chi connectivity index (χ0v) is 38.0. The Morgan fingerprint density at radius 1 is 0.500 bits per heavy atom. The van der Waals surface area contributed by atoms with Crippen LogP contribution in [0.1, 0.15) is 52.7 Å². The molecule has 10 aromatic rings. The van der Waals surface area contributed by atoms with Crippen LogP contribution in [-0.4, -0.2) is 18.7 Å². The summed E-state index contributed by atoms with van der Waals surface area (Å²) in [6, 6.07) is 65.4. The fourth-order valence-electron chi connectivity index (χ4n) is 8.47. The van der Waals surface area contributed by atoms with Gasteiger partial charge in [0.25, 0.3) is 0 Å². The second kappa shape index (κ2) is 15.4. The third kappa shape index (κ3) is 7.05. The Morgan fingerprint density at radius 3 is 1.74 bits per heavy atom. The number of hydrogen-bond acceptors (Lipinski definition) is 2. The number of ether oxygens (including phenoxy) is 1. The van der Waals surface area contributed by atoms with E-state index >= 15 is 0 Å². The molecule has 0 bridgehead atoms. The molecule has 7 aromatic carbocycles. The van der Waals surface area contributed by atoms with Gasteiger partial charge in [-0.2, -0.15) is 0 Å². The van der Waals surface area contributed by atoms with Crippen LogP contribution in [0, 0.1) is 15.9 Å². The minimum atomic E-state index is -0.184. The van der Waals surface area contributed by atoms with Gasteiger partial charge in [0.05, 0.1) is 0 Å². The summed E-state index contributed by atoms with van der Waals surface area (Å²) < 4.78 is 14.8. The van der Waals surface area contributed by atoms with E-state index in [0.717, 1.165) is 81.7 Å². The number of para-hydroxylation sites is 4. The van der Waals surface area contributed by atoms with Gasteiger partial charge in [-0.1, -0.05) is 32.9 Å². The molecule has 0 radical (unpaired) electrons. The van der Waals surface area contributed by atoms with Gasteiger partial charge >= 0.3 is 320 Å². The molecule has 308 valence electrons. The average Bonchev–Trinajstić information content (AvgIpc) is 3.76. The molecule has 6 heteroatoms. The van der Waals surface area contributed by atoms with Crippen LogP contribution in [0.4, 0.5) is 0 Å². The second-order valence-electron chi connectivity index (χ2n) is 17.9. The maximum atomic E-state index is 6.88. The fourth-order valence-corrected chi connectivity index (χ4v) is 9.55. The Labute approximate surface area is 373 Å². The first-order valence-electron chi connectivity index (χ1n) is 21.0. The fraction of sp³-hybridized carbons (Fsp3) is 0.143. The van der Waals surface area contributed by atoms with Crippen molar-refractivity contribution in [3.63, 3.8) is 0 Å². The summed E-state index contributed by atoms with van der Waals surface area (Å²) in [6.07, 6.45) is 1.91. The monoisotopic (exact) mass is 985 g/mol. The molecule has 0 fully saturated rings. The van der Waals surface area contributed by atoms with E-state index in [1.807, 2.05) is 12.3 Å². The van der Waals surface area contributed by atoms with Gasteiger partial charge in [-0.05, 0) is 17.0 Å². The molecule has 0 N–H and O–H groups in total. The number of hydrogen-bond donors (Lipinski definition) is 0. The van der Waals surface area contributed by atoms with Crippen LogP contribution in [0.25, 0.3) is 72.3 Å². The van der Waals surface area contributed by atoms with Gasteiger partial charge in [0.2, 0.25) is 0 Å². The first-order chi connectivity index (χ1) is 29.9. The number of benzene rings is 7. The summed E-state index contributed by atoms with van der Waals surface area (Å²) >= 11 is 2.50. The summed E-state index contributed by atoms with van der Waals surface area (Å²) in [7, 11) is 0. The van der Waals surface area contributed by atoms with Crippen molar-refractivity contribution in [1.82, 2.24) is 18.7 Å². The molecular weight excluding hydrogens is 940 g/mol. The van der Waals surface area contributed by atoms with E-state index in [0.29, 0.717) is 11.5 Å². The molecule has 3 aromatic heterocycles. The van der Waals surface area contributed by atoms with Crippen LogP contribution < -0.4 is 4.74 Å². The van der Waals surface area contributed by atoms with Gasteiger partial charge in [0, 0.05) is 6.20 Å². The first-order valence-corrected chi connectivity index (χ1v) is 22.2. The van der Waals surface area contributed by atoms with Crippen molar-refractivity contribution in [1.29, 1.82) is 0 Å². The molecule has 0 aliphatic heterocycles. The van der Waals surface area contributed by atoms with Crippen molar-refractivity contribution in [2.45, 2.75) is 52.4 Å². The molecule has 62 heavy (non-hydrogen) atoms. The van der Waals surface area contributed by atoms with Crippen molar-refractivity contribution in [3.8, 4) is 50.9 Å². The summed E-state index contributed by atoms with van der Waals surface area (Å²) in [5.74, 6) is 2.08. The van der Waals surface area contributed by atoms with Crippen molar-refractivity contribution >= 4 is 32.8 Å². The topological polar surface area (TPSA) is 36.9 Å². The van der Waals surface area contributed by atoms with Gasteiger partial charge in [-0.15, -0.1) is 0 Å². The van der Waals surface area contributed by atoms with Gasteiger partial charge in [0.15, 0.2) is 0 Å². The average molecular weight is 986 g/mol. The van der Waals surface area contributed by atoms with Crippen molar-refractivity contribution in [2.75, 3.05) is 0 Å². The molecule has 0 amide bonds. The van der Waals surface area contributed by atoms with Crippen LogP contribution in [0.2, 0.25) is 0 Å². The Bertz CT molecular complexity index is 3300. The second-order valence-corrected chi connectivity index (χ2v) is 18.9. The zero-order chi connectivity index (χ0) is 42.8. The molecule has 3 heterocycles. The summed E-state index contributed by atoms with van der Waals surface area (Å²) in [4.78, 5) is 4.89. The van der Waals surface area contributed by atoms with Crippen molar-refractivity contribution in [2.24, 2.45) is 0 Å². The van der Waals surface area contributed by atoms with E-state index < -0.39 is 0 Å². The molecule has 0 spiro atoms. The van der Waals surface area contributed by atoms with Crippen LogP contribution in [-0.2, 0) is 30.2 Å². The van der Waals surface area contributed by atoms with E-state index in [2.05, 4.69) is 244 Å². The van der Waals surface area contributed by atoms with Gasteiger partial charge in [0.1, 0.15) is 0 Å². The number of aromatic nitrogens is 4. The van der Waals surface area contributed by atoms with Crippen LogP contribution in [0.15, 0.2) is 170 Å². The molecule has 0 saturated heterocycles. The quantitative estimate of drug-likeness (QED) is 0.149. The van der Waals surface area contributed by atoms with Gasteiger partial charge in [-0.3, -0.25) is 0 Å². The Balaban J connectivity index is 1.16. The molecule has 0 atom stereocenters. The Morgan fingerprint density at radius 2 is 1.10 bits per heavy atom. The van der Waals surface area contributed by atoms with Crippen molar-refractivity contribution in [3.05, 3.63) is 197 Å². The third-order valence-corrected chi connectivity index (χ3v) is 12.7. The van der Waals surface area contributed by atoms with Crippen LogP contribution in [0.3, 0.4) is 0 Å². The first kappa shape index (κ1) is 39.6. The van der Waals surface area contributed by atoms with Crippen LogP contribution >= 0.6 is 0 Å². The van der Waals surface area contributed by atoms with Gasteiger partial charge in [-0.25, -0.2) is 0 Å². The molecular formula is C56H46N4OPt-2. The number of pyridine rings is 1. The molecule has 0 aliphatic rings. The van der Waals surface area contributed by atoms with E-state index in [1.54, 1.807) is 0 Å². The molecule has 0 saturated carbocycles. The predicted octanol–water partition coefficient (Wildman–Crippen LogP) is 14.3. The zero-order valence-electron chi connectivity index (χ0n) is 35.7.